The Morgan fingerprint density at radius 2 is 2.16 bits per heavy atom. The highest BCUT2D eigenvalue weighted by atomic mass is 16.4. The van der Waals surface area contributed by atoms with Gasteiger partial charge >= 0.3 is 12.0 Å². The zero-order valence-corrected chi connectivity index (χ0v) is 10.8. The number of rotatable bonds is 5. The fraction of sp³-hybridized carbons (Fsp3) is 0.417. The Morgan fingerprint density at radius 1 is 1.47 bits per heavy atom. The van der Waals surface area contributed by atoms with Crippen LogP contribution in [0.3, 0.4) is 0 Å². The second-order valence-electron chi connectivity index (χ2n) is 4.23. The van der Waals surface area contributed by atoms with Crippen molar-refractivity contribution in [2.24, 2.45) is 0 Å². The Labute approximate surface area is 110 Å². The number of aromatic carboxylic acids is 1. The van der Waals surface area contributed by atoms with Gasteiger partial charge in [0.05, 0.1) is 18.0 Å². The Morgan fingerprint density at radius 3 is 2.63 bits per heavy atom. The van der Waals surface area contributed by atoms with Gasteiger partial charge in [-0.25, -0.2) is 14.6 Å². The van der Waals surface area contributed by atoms with Crippen LogP contribution >= 0.6 is 0 Å². The second kappa shape index (κ2) is 6.69. The van der Waals surface area contributed by atoms with Gasteiger partial charge in [-0.05, 0) is 25.5 Å². The second-order valence-corrected chi connectivity index (χ2v) is 4.23. The van der Waals surface area contributed by atoms with Crippen molar-refractivity contribution in [1.82, 2.24) is 9.88 Å². The number of carbonyl (C=O) groups excluding carboxylic acids is 1. The van der Waals surface area contributed by atoms with Gasteiger partial charge in [0.15, 0.2) is 0 Å². The van der Waals surface area contributed by atoms with E-state index in [0.717, 1.165) is 0 Å². The molecule has 104 valence electrons. The van der Waals surface area contributed by atoms with Gasteiger partial charge in [-0.3, -0.25) is 0 Å². The first-order chi connectivity index (χ1) is 8.90. The van der Waals surface area contributed by atoms with Crippen LogP contribution in [0.5, 0.6) is 0 Å². The monoisotopic (exact) mass is 267 g/mol. The molecule has 0 saturated carbocycles. The lowest BCUT2D eigenvalue weighted by Gasteiger charge is -2.18. The van der Waals surface area contributed by atoms with Crippen LogP contribution in [0, 0.1) is 0 Å². The van der Waals surface area contributed by atoms with Crippen molar-refractivity contribution < 1.29 is 19.8 Å². The van der Waals surface area contributed by atoms with E-state index in [2.05, 4.69) is 10.3 Å². The van der Waals surface area contributed by atoms with Crippen molar-refractivity contribution in [2.75, 3.05) is 18.9 Å². The zero-order chi connectivity index (χ0) is 14.4. The third-order valence-corrected chi connectivity index (χ3v) is 2.46. The summed E-state index contributed by atoms with van der Waals surface area (Å²) < 4.78 is 0. The Bertz CT molecular complexity index is 445. The molecule has 2 amide bonds. The van der Waals surface area contributed by atoms with E-state index in [4.69, 9.17) is 10.2 Å². The summed E-state index contributed by atoms with van der Waals surface area (Å²) in [5.74, 6) is -1.12. The highest BCUT2D eigenvalue weighted by Crippen LogP contribution is 2.07. The number of anilines is 1. The lowest BCUT2D eigenvalue weighted by atomic mass is 10.3. The quantitative estimate of drug-likeness (QED) is 0.739. The van der Waals surface area contributed by atoms with Crippen molar-refractivity contribution in [3.8, 4) is 0 Å². The van der Waals surface area contributed by atoms with E-state index in [-0.39, 0.29) is 11.7 Å². The molecule has 0 aromatic carbocycles. The maximum atomic E-state index is 11.7. The van der Waals surface area contributed by atoms with Crippen LogP contribution in [0.15, 0.2) is 18.3 Å². The highest BCUT2D eigenvalue weighted by Gasteiger charge is 2.10. The molecule has 7 nitrogen and oxygen atoms in total. The lowest BCUT2D eigenvalue weighted by molar-refractivity contribution is 0.0690. The van der Waals surface area contributed by atoms with Gasteiger partial charge in [-0.1, -0.05) is 0 Å². The maximum absolute atomic E-state index is 11.7. The molecule has 0 aliphatic carbocycles. The van der Waals surface area contributed by atoms with E-state index in [1.807, 2.05) is 0 Å². The van der Waals surface area contributed by atoms with E-state index in [1.54, 1.807) is 14.0 Å². The number of aliphatic hydroxyl groups is 1. The molecule has 0 bridgehead atoms. The van der Waals surface area contributed by atoms with E-state index in [9.17, 15) is 9.59 Å². The molecule has 19 heavy (non-hydrogen) atoms. The van der Waals surface area contributed by atoms with Gasteiger partial charge in [-0.2, -0.15) is 0 Å². The Kier molecular flexibility index (Phi) is 5.25. The molecule has 0 spiro atoms. The third-order valence-electron chi connectivity index (χ3n) is 2.46. The first kappa shape index (κ1) is 14.9. The number of pyridine rings is 1. The molecule has 3 N–H and O–H groups in total. The number of nitrogens with one attached hydrogen (secondary N) is 1. The normalized spacial score (nSPS) is 11.7. The zero-order valence-electron chi connectivity index (χ0n) is 10.8. The molecule has 7 heteroatoms. The largest absolute Gasteiger partial charge is 0.477 e. The van der Waals surface area contributed by atoms with Crippen LogP contribution in [0.25, 0.3) is 0 Å². The Balaban J connectivity index is 2.54. The SMILES string of the molecule is CC(O)CCN(C)C(=O)Nc1ccc(C(=O)O)nc1. The van der Waals surface area contributed by atoms with Gasteiger partial charge in [0.25, 0.3) is 0 Å². The minimum atomic E-state index is -1.12. The summed E-state index contributed by atoms with van der Waals surface area (Å²) in [7, 11) is 1.61. The molecule has 0 aliphatic heterocycles. The summed E-state index contributed by atoms with van der Waals surface area (Å²) in [5.41, 5.74) is 0.333. The number of hydrogen-bond acceptors (Lipinski definition) is 4. The van der Waals surface area contributed by atoms with Crippen LogP contribution in [0.2, 0.25) is 0 Å². The first-order valence-electron chi connectivity index (χ1n) is 5.79. The highest BCUT2D eigenvalue weighted by molar-refractivity contribution is 5.90. The molecule has 1 rings (SSSR count). The summed E-state index contributed by atoms with van der Waals surface area (Å²) in [6.45, 7) is 2.07. The number of carboxylic acid groups (broad SMARTS) is 1. The van der Waals surface area contributed by atoms with Crippen molar-refractivity contribution in [1.29, 1.82) is 0 Å². The number of urea groups is 1. The minimum absolute atomic E-state index is 0.0829. The van der Waals surface area contributed by atoms with E-state index in [0.29, 0.717) is 18.7 Å². The van der Waals surface area contributed by atoms with Crippen LogP contribution < -0.4 is 5.32 Å². The van der Waals surface area contributed by atoms with Crippen LogP contribution in [-0.4, -0.2) is 51.8 Å². The molecule has 0 saturated heterocycles. The standard InChI is InChI=1S/C12H17N3O4/c1-8(16)5-6-15(2)12(19)14-9-3-4-10(11(17)18)13-7-9/h3-4,7-8,16H,5-6H2,1-2H3,(H,14,19)(H,17,18). The van der Waals surface area contributed by atoms with Crippen LogP contribution in [-0.2, 0) is 0 Å². The number of aromatic nitrogens is 1. The predicted molar refractivity (Wildman–Crippen MR) is 69.1 cm³/mol. The molecule has 1 aromatic heterocycles. The number of carbonyl (C=O) groups is 2. The summed E-state index contributed by atoms with van der Waals surface area (Å²) in [6.07, 6.45) is 1.30. The number of nitrogens with zero attached hydrogens (tertiary/aromatic N) is 2. The number of hydrogen-bond donors (Lipinski definition) is 3. The topological polar surface area (TPSA) is 103 Å². The van der Waals surface area contributed by atoms with Crippen molar-refractivity contribution >= 4 is 17.7 Å². The molecular weight excluding hydrogens is 250 g/mol. The van der Waals surface area contributed by atoms with Gasteiger partial charge in [0.1, 0.15) is 5.69 Å². The van der Waals surface area contributed by atoms with Gasteiger partial charge in [0, 0.05) is 13.6 Å². The fourth-order valence-corrected chi connectivity index (χ4v) is 1.30. The number of aliphatic hydroxyl groups excluding tert-OH is 1. The smallest absolute Gasteiger partial charge is 0.354 e. The minimum Gasteiger partial charge on any atom is -0.477 e. The summed E-state index contributed by atoms with van der Waals surface area (Å²) >= 11 is 0. The van der Waals surface area contributed by atoms with Crippen molar-refractivity contribution in [3.05, 3.63) is 24.0 Å². The Hall–Kier alpha value is -2.15. The molecule has 1 heterocycles. The molecule has 1 atom stereocenters. The molecule has 1 aromatic rings. The molecule has 0 fully saturated rings. The lowest BCUT2D eigenvalue weighted by Crippen LogP contribution is -2.33. The van der Waals surface area contributed by atoms with Crippen LogP contribution in [0.4, 0.5) is 10.5 Å². The van der Waals surface area contributed by atoms with Gasteiger partial charge < -0.3 is 20.4 Å². The maximum Gasteiger partial charge on any atom is 0.354 e. The van der Waals surface area contributed by atoms with Crippen molar-refractivity contribution in [2.45, 2.75) is 19.4 Å². The third kappa shape index (κ3) is 4.92. The summed E-state index contributed by atoms with van der Waals surface area (Å²) in [6, 6.07) is 2.44. The molecular formula is C12H17N3O4. The average Bonchev–Trinajstić information content (AvgIpc) is 2.36. The summed E-state index contributed by atoms with van der Waals surface area (Å²) in [4.78, 5) is 27.5. The molecule has 0 radical (unpaired) electrons. The van der Waals surface area contributed by atoms with Crippen molar-refractivity contribution in [3.63, 3.8) is 0 Å². The number of amides is 2. The summed E-state index contributed by atoms with van der Waals surface area (Å²) in [5, 5.41) is 20.4. The predicted octanol–water partition coefficient (Wildman–Crippen LogP) is 1.01. The fourth-order valence-electron chi connectivity index (χ4n) is 1.30. The molecule has 1 unspecified atom stereocenters. The van der Waals surface area contributed by atoms with E-state index in [1.165, 1.54) is 23.2 Å². The number of carboxylic acids is 1. The first-order valence-corrected chi connectivity index (χ1v) is 5.79. The van der Waals surface area contributed by atoms with Gasteiger partial charge in [0.2, 0.25) is 0 Å². The molecule has 0 aliphatic rings. The van der Waals surface area contributed by atoms with E-state index >= 15 is 0 Å². The van der Waals surface area contributed by atoms with Gasteiger partial charge in [-0.15, -0.1) is 0 Å². The average molecular weight is 267 g/mol. The van der Waals surface area contributed by atoms with Crippen LogP contribution in [0.1, 0.15) is 23.8 Å². The van der Waals surface area contributed by atoms with E-state index < -0.39 is 12.1 Å².